The molecular formula is C20H24N6. The Morgan fingerprint density at radius 1 is 1.19 bits per heavy atom. The van der Waals surface area contributed by atoms with E-state index in [9.17, 15) is 0 Å². The van der Waals surface area contributed by atoms with Gasteiger partial charge >= 0.3 is 0 Å². The third kappa shape index (κ3) is 3.60. The normalized spacial score (nSPS) is 14.7. The van der Waals surface area contributed by atoms with E-state index < -0.39 is 0 Å². The molecule has 6 nitrogen and oxygen atoms in total. The highest BCUT2D eigenvalue weighted by molar-refractivity contribution is 5.60. The summed E-state index contributed by atoms with van der Waals surface area (Å²) in [6, 6.07) is 12.5. The topological polar surface area (TPSA) is 78.5 Å². The van der Waals surface area contributed by atoms with Crippen LogP contribution in [0.5, 0.6) is 0 Å². The molecule has 3 aromatic rings. The molecule has 3 heterocycles. The molecule has 2 aromatic heterocycles. The van der Waals surface area contributed by atoms with Crippen LogP contribution in [-0.4, -0.2) is 32.8 Å². The van der Waals surface area contributed by atoms with Crippen LogP contribution in [0, 0.1) is 6.92 Å². The average Bonchev–Trinajstić information content (AvgIpc) is 3.07. The van der Waals surface area contributed by atoms with E-state index in [0.29, 0.717) is 0 Å². The molecule has 6 heteroatoms. The van der Waals surface area contributed by atoms with Crippen molar-refractivity contribution in [2.75, 3.05) is 11.9 Å². The predicted octanol–water partition coefficient (Wildman–Crippen LogP) is 2.86. The van der Waals surface area contributed by atoms with Crippen molar-refractivity contribution in [3.63, 3.8) is 0 Å². The standard InChI is InChI=1S/C20H24N6/c1-13(10-16-11-14(2)25-26-16)22-20-17-8-9-21-12-18(17)23-19(24-20)15-6-4-3-5-7-15/h3-7,11,13,21H,8-10,12H2,1-2H3,(H,25,26)(H,22,23,24)/t13-/m1/s1. The predicted molar refractivity (Wildman–Crippen MR) is 103 cm³/mol. The fourth-order valence-electron chi connectivity index (χ4n) is 3.37. The van der Waals surface area contributed by atoms with E-state index in [4.69, 9.17) is 9.97 Å². The molecule has 0 saturated heterocycles. The van der Waals surface area contributed by atoms with Crippen molar-refractivity contribution in [2.24, 2.45) is 0 Å². The molecule has 26 heavy (non-hydrogen) atoms. The van der Waals surface area contributed by atoms with E-state index >= 15 is 0 Å². The Morgan fingerprint density at radius 2 is 2.04 bits per heavy atom. The molecule has 1 aliphatic rings. The third-order valence-electron chi connectivity index (χ3n) is 4.63. The summed E-state index contributed by atoms with van der Waals surface area (Å²) in [6.07, 6.45) is 1.79. The molecule has 0 aliphatic carbocycles. The van der Waals surface area contributed by atoms with Gasteiger partial charge in [0.2, 0.25) is 0 Å². The van der Waals surface area contributed by atoms with Crippen LogP contribution in [-0.2, 0) is 19.4 Å². The van der Waals surface area contributed by atoms with Crippen LogP contribution >= 0.6 is 0 Å². The summed E-state index contributed by atoms with van der Waals surface area (Å²) in [6.45, 7) is 5.94. The highest BCUT2D eigenvalue weighted by Gasteiger charge is 2.19. The monoisotopic (exact) mass is 348 g/mol. The number of aromatic amines is 1. The van der Waals surface area contributed by atoms with Crippen LogP contribution in [0.15, 0.2) is 36.4 Å². The Kier molecular flexibility index (Phi) is 4.67. The van der Waals surface area contributed by atoms with Crippen LogP contribution in [0.25, 0.3) is 11.4 Å². The van der Waals surface area contributed by atoms with Gasteiger partial charge in [0, 0.05) is 35.8 Å². The lowest BCUT2D eigenvalue weighted by Gasteiger charge is -2.23. The van der Waals surface area contributed by atoms with Crippen molar-refractivity contribution in [3.05, 3.63) is 59.0 Å². The molecule has 0 radical (unpaired) electrons. The first kappa shape index (κ1) is 16.7. The van der Waals surface area contributed by atoms with Gasteiger partial charge in [-0.25, -0.2) is 9.97 Å². The van der Waals surface area contributed by atoms with E-state index in [1.807, 2.05) is 25.1 Å². The fourth-order valence-corrected chi connectivity index (χ4v) is 3.37. The van der Waals surface area contributed by atoms with Crippen LogP contribution in [0.4, 0.5) is 5.82 Å². The van der Waals surface area contributed by atoms with E-state index in [0.717, 1.165) is 60.2 Å². The molecule has 134 valence electrons. The first-order valence-electron chi connectivity index (χ1n) is 9.12. The number of nitrogens with zero attached hydrogens (tertiary/aromatic N) is 3. The summed E-state index contributed by atoms with van der Waals surface area (Å²) in [5.74, 6) is 1.73. The maximum Gasteiger partial charge on any atom is 0.161 e. The molecule has 0 unspecified atom stereocenters. The van der Waals surface area contributed by atoms with Crippen molar-refractivity contribution in [3.8, 4) is 11.4 Å². The van der Waals surface area contributed by atoms with Crippen LogP contribution in [0.3, 0.4) is 0 Å². The number of aryl methyl sites for hydroxylation is 1. The summed E-state index contributed by atoms with van der Waals surface area (Å²) < 4.78 is 0. The highest BCUT2D eigenvalue weighted by atomic mass is 15.1. The van der Waals surface area contributed by atoms with Crippen LogP contribution < -0.4 is 10.6 Å². The van der Waals surface area contributed by atoms with Crippen molar-refractivity contribution in [1.29, 1.82) is 0 Å². The number of nitrogens with one attached hydrogen (secondary N) is 3. The molecular weight excluding hydrogens is 324 g/mol. The largest absolute Gasteiger partial charge is 0.367 e. The fraction of sp³-hybridized carbons (Fsp3) is 0.350. The molecule has 1 aliphatic heterocycles. The van der Waals surface area contributed by atoms with E-state index in [1.54, 1.807) is 0 Å². The van der Waals surface area contributed by atoms with Gasteiger partial charge in [-0.15, -0.1) is 0 Å². The second-order valence-electron chi connectivity index (χ2n) is 6.91. The molecule has 0 bridgehead atoms. The van der Waals surface area contributed by atoms with Crippen molar-refractivity contribution in [1.82, 2.24) is 25.5 Å². The van der Waals surface area contributed by atoms with Crippen LogP contribution in [0.2, 0.25) is 0 Å². The van der Waals surface area contributed by atoms with Gasteiger partial charge in [-0.05, 0) is 32.9 Å². The quantitative estimate of drug-likeness (QED) is 0.661. The van der Waals surface area contributed by atoms with E-state index in [1.165, 1.54) is 5.56 Å². The molecule has 0 spiro atoms. The number of fused-ring (bicyclic) bond motifs is 1. The summed E-state index contributed by atoms with van der Waals surface area (Å²) in [5, 5.41) is 14.4. The lowest BCUT2D eigenvalue weighted by atomic mass is 10.1. The van der Waals surface area contributed by atoms with E-state index in [2.05, 4.69) is 46.0 Å². The lowest BCUT2D eigenvalue weighted by Crippen LogP contribution is -2.28. The second-order valence-corrected chi connectivity index (χ2v) is 6.91. The number of aromatic nitrogens is 4. The van der Waals surface area contributed by atoms with Crippen LogP contribution in [0.1, 0.15) is 29.6 Å². The molecule has 1 atom stereocenters. The minimum atomic E-state index is 0.232. The number of rotatable bonds is 5. The number of hydrogen-bond acceptors (Lipinski definition) is 5. The van der Waals surface area contributed by atoms with Crippen molar-refractivity contribution < 1.29 is 0 Å². The first-order chi connectivity index (χ1) is 12.7. The molecule has 3 N–H and O–H groups in total. The van der Waals surface area contributed by atoms with Gasteiger partial charge in [-0.1, -0.05) is 30.3 Å². The Hall–Kier alpha value is -2.73. The van der Waals surface area contributed by atoms with Gasteiger partial charge < -0.3 is 10.6 Å². The molecule has 1 aromatic carbocycles. The first-order valence-corrected chi connectivity index (χ1v) is 9.12. The minimum absolute atomic E-state index is 0.232. The maximum atomic E-state index is 4.86. The summed E-state index contributed by atoms with van der Waals surface area (Å²) in [7, 11) is 0. The Labute approximate surface area is 153 Å². The smallest absolute Gasteiger partial charge is 0.161 e. The second kappa shape index (κ2) is 7.25. The zero-order valence-corrected chi connectivity index (χ0v) is 15.2. The molecule has 4 rings (SSSR count). The molecule has 0 saturated carbocycles. The number of anilines is 1. The summed E-state index contributed by atoms with van der Waals surface area (Å²) in [4.78, 5) is 9.67. The number of benzene rings is 1. The maximum absolute atomic E-state index is 4.86. The Morgan fingerprint density at radius 3 is 2.81 bits per heavy atom. The van der Waals surface area contributed by atoms with E-state index in [-0.39, 0.29) is 6.04 Å². The summed E-state index contributed by atoms with van der Waals surface area (Å²) >= 11 is 0. The average molecular weight is 348 g/mol. The zero-order valence-electron chi connectivity index (χ0n) is 15.2. The van der Waals surface area contributed by atoms with Gasteiger partial charge in [-0.2, -0.15) is 5.10 Å². The number of hydrogen-bond donors (Lipinski definition) is 3. The third-order valence-corrected chi connectivity index (χ3v) is 4.63. The lowest BCUT2D eigenvalue weighted by molar-refractivity contribution is 0.623. The Balaban J connectivity index is 1.63. The van der Waals surface area contributed by atoms with Gasteiger partial charge in [-0.3, -0.25) is 5.10 Å². The van der Waals surface area contributed by atoms with Gasteiger partial charge in [0.1, 0.15) is 5.82 Å². The highest BCUT2D eigenvalue weighted by Crippen LogP contribution is 2.25. The van der Waals surface area contributed by atoms with Gasteiger partial charge in [0.15, 0.2) is 5.82 Å². The van der Waals surface area contributed by atoms with Gasteiger partial charge in [0.25, 0.3) is 0 Å². The van der Waals surface area contributed by atoms with Crippen molar-refractivity contribution in [2.45, 2.75) is 39.3 Å². The van der Waals surface area contributed by atoms with Gasteiger partial charge in [0.05, 0.1) is 11.4 Å². The molecule has 0 amide bonds. The Bertz CT molecular complexity index is 887. The zero-order chi connectivity index (χ0) is 17.9. The van der Waals surface area contributed by atoms with Crippen molar-refractivity contribution >= 4 is 5.82 Å². The minimum Gasteiger partial charge on any atom is -0.367 e. The SMILES string of the molecule is Cc1cc(C[C@@H](C)Nc2nc(-c3ccccc3)nc3c2CCNC3)n[nH]1. The molecule has 0 fully saturated rings. The summed E-state index contributed by atoms with van der Waals surface area (Å²) in [5.41, 5.74) is 5.52. The number of H-pyrrole nitrogens is 1.